The molecule has 0 N–H and O–H groups in total. The standard InChI is InChI=1S/C15H16N2O2/c18-15-14(11-12-7-3-1-4-8-12)17(16-19-15)13-9-5-2-6-10-13/h2,5-6,9-11H,1,3-4,7-8H2. The van der Waals surface area contributed by atoms with Crippen molar-refractivity contribution < 1.29 is 14.3 Å². The number of benzene rings is 1. The van der Waals surface area contributed by atoms with Crippen molar-refractivity contribution >= 4 is 6.08 Å². The van der Waals surface area contributed by atoms with Gasteiger partial charge in [0.15, 0.2) is 5.95 Å². The third-order valence-electron chi connectivity index (χ3n) is 3.48. The molecule has 19 heavy (non-hydrogen) atoms. The first-order valence-corrected chi connectivity index (χ1v) is 6.68. The molecule has 1 aromatic carbocycles. The number of hydrogen-bond donors (Lipinski definition) is 0. The average Bonchev–Trinajstić information content (AvgIpc) is 2.82. The number of nitrogens with zero attached hydrogens (tertiary/aromatic N) is 2. The van der Waals surface area contributed by atoms with E-state index >= 15 is 0 Å². The highest BCUT2D eigenvalue weighted by molar-refractivity contribution is 5.50. The zero-order chi connectivity index (χ0) is 13.1. The van der Waals surface area contributed by atoms with Crippen LogP contribution in [0.5, 0.6) is 5.95 Å². The Balaban J connectivity index is 1.99. The van der Waals surface area contributed by atoms with Gasteiger partial charge in [-0.3, -0.25) is 0 Å². The minimum absolute atomic E-state index is 0.373. The lowest BCUT2D eigenvalue weighted by atomic mass is 9.94. The van der Waals surface area contributed by atoms with Gasteiger partial charge < -0.3 is 9.63 Å². The van der Waals surface area contributed by atoms with E-state index in [1.54, 1.807) is 4.68 Å². The van der Waals surface area contributed by atoms with Crippen molar-refractivity contribution in [2.75, 3.05) is 0 Å². The smallest absolute Gasteiger partial charge is 0.263 e. The van der Waals surface area contributed by atoms with Crippen LogP contribution in [0.25, 0.3) is 11.8 Å². The average molecular weight is 256 g/mol. The van der Waals surface area contributed by atoms with E-state index in [0.717, 1.165) is 18.5 Å². The topological polar surface area (TPSA) is 53.0 Å². The Kier molecular flexibility index (Phi) is 3.31. The molecule has 0 spiro atoms. The molecule has 1 fully saturated rings. The van der Waals surface area contributed by atoms with Gasteiger partial charge in [0.05, 0.1) is 5.27 Å². The molecule has 1 heterocycles. The van der Waals surface area contributed by atoms with E-state index in [2.05, 4.69) is 5.27 Å². The lowest BCUT2D eigenvalue weighted by Gasteiger charge is -2.12. The molecular formula is C15H16N2O2. The van der Waals surface area contributed by atoms with Gasteiger partial charge in [-0.2, -0.15) is 0 Å². The number of para-hydroxylation sites is 1. The molecule has 2 aromatic rings. The van der Waals surface area contributed by atoms with Crippen molar-refractivity contribution in [1.82, 2.24) is 5.27 Å². The fourth-order valence-electron chi connectivity index (χ4n) is 2.47. The molecule has 3 rings (SSSR count). The molecule has 0 bridgehead atoms. The van der Waals surface area contributed by atoms with Crippen LogP contribution in [-0.2, 0) is 0 Å². The number of allylic oxidation sites excluding steroid dienone is 1. The molecule has 0 radical (unpaired) electrons. The second kappa shape index (κ2) is 5.26. The molecule has 4 heteroatoms. The zero-order valence-corrected chi connectivity index (χ0v) is 10.7. The molecule has 1 aliphatic carbocycles. The molecule has 1 aliphatic rings. The monoisotopic (exact) mass is 256 g/mol. The Morgan fingerprint density at radius 3 is 2.58 bits per heavy atom. The van der Waals surface area contributed by atoms with Crippen molar-refractivity contribution in [3.05, 3.63) is 41.6 Å². The predicted molar refractivity (Wildman–Crippen MR) is 68.5 cm³/mol. The van der Waals surface area contributed by atoms with Crippen molar-refractivity contribution in [2.24, 2.45) is 0 Å². The minimum Gasteiger partial charge on any atom is -0.539 e. The van der Waals surface area contributed by atoms with Crippen LogP contribution in [0.3, 0.4) is 0 Å². The molecule has 1 saturated carbocycles. The zero-order valence-electron chi connectivity index (χ0n) is 10.7. The summed E-state index contributed by atoms with van der Waals surface area (Å²) in [5.74, 6) is -0.373. The highest BCUT2D eigenvalue weighted by Gasteiger charge is 2.19. The van der Waals surface area contributed by atoms with Gasteiger partial charge in [-0.1, -0.05) is 30.2 Å². The van der Waals surface area contributed by atoms with Gasteiger partial charge in [0, 0.05) is 18.2 Å². The maximum Gasteiger partial charge on any atom is 0.263 e. The first-order chi connectivity index (χ1) is 9.34. The number of rotatable bonds is 2. The normalized spacial score (nSPS) is 15.5. The van der Waals surface area contributed by atoms with Crippen molar-refractivity contribution in [2.45, 2.75) is 32.1 Å². The van der Waals surface area contributed by atoms with Crippen molar-refractivity contribution in [3.63, 3.8) is 0 Å². The van der Waals surface area contributed by atoms with Crippen molar-refractivity contribution in [3.8, 4) is 11.6 Å². The first-order valence-electron chi connectivity index (χ1n) is 6.68. The molecule has 0 aliphatic heterocycles. The summed E-state index contributed by atoms with van der Waals surface area (Å²) in [6.07, 6.45) is 7.78. The quantitative estimate of drug-likeness (QED) is 0.775. The van der Waals surface area contributed by atoms with E-state index in [4.69, 9.17) is 4.52 Å². The third-order valence-corrected chi connectivity index (χ3v) is 3.48. The second-order valence-corrected chi connectivity index (χ2v) is 4.86. The molecular weight excluding hydrogens is 240 g/mol. The SMILES string of the molecule is [O-]c1on[n+](-c2ccccc2)c1C=C1CCCCC1. The second-order valence-electron chi connectivity index (χ2n) is 4.86. The summed E-state index contributed by atoms with van der Waals surface area (Å²) in [6, 6.07) is 9.58. The molecule has 0 amide bonds. The summed E-state index contributed by atoms with van der Waals surface area (Å²) in [6.45, 7) is 0. The highest BCUT2D eigenvalue weighted by Crippen LogP contribution is 2.25. The van der Waals surface area contributed by atoms with Crippen LogP contribution < -0.4 is 9.79 Å². The Hall–Kier alpha value is -2.10. The van der Waals surface area contributed by atoms with Crippen molar-refractivity contribution in [1.29, 1.82) is 0 Å². The van der Waals surface area contributed by atoms with Gasteiger partial charge in [0.2, 0.25) is 5.69 Å². The maximum atomic E-state index is 11.8. The van der Waals surface area contributed by atoms with Gasteiger partial charge in [-0.25, -0.2) is 0 Å². The van der Waals surface area contributed by atoms with E-state index in [0.29, 0.717) is 5.69 Å². The molecule has 98 valence electrons. The van der Waals surface area contributed by atoms with E-state index in [9.17, 15) is 5.11 Å². The Labute approximate surface area is 112 Å². The fraction of sp³-hybridized carbons (Fsp3) is 0.333. The van der Waals surface area contributed by atoms with E-state index < -0.39 is 0 Å². The highest BCUT2D eigenvalue weighted by atomic mass is 16.6. The van der Waals surface area contributed by atoms with Crippen LogP contribution in [0.1, 0.15) is 37.8 Å². The van der Waals surface area contributed by atoms with Gasteiger partial charge >= 0.3 is 0 Å². The maximum absolute atomic E-state index is 11.8. The first kappa shape index (κ1) is 12.0. The van der Waals surface area contributed by atoms with Crippen LogP contribution in [0, 0.1) is 0 Å². The lowest BCUT2D eigenvalue weighted by molar-refractivity contribution is -0.672. The summed E-state index contributed by atoms with van der Waals surface area (Å²) in [5, 5.41) is 15.6. The Bertz CT molecular complexity index is 579. The largest absolute Gasteiger partial charge is 0.539 e. The fourth-order valence-corrected chi connectivity index (χ4v) is 2.47. The van der Waals surface area contributed by atoms with Crippen LogP contribution >= 0.6 is 0 Å². The summed E-state index contributed by atoms with van der Waals surface area (Å²) in [5.41, 5.74) is 2.68. The molecule has 0 atom stereocenters. The van der Waals surface area contributed by atoms with Crippen LogP contribution in [-0.4, -0.2) is 5.27 Å². The van der Waals surface area contributed by atoms with Crippen LogP contribution in [0.15, 0.2) is 40.4 Å². The molecule has 0 unspecified atom stereocenters. The molecule has 4 nitrogen and oxygen atoms in total. The minimum atomic E-state index is -0.373. The summed E-state index contributed by atoms with van der Waals surface area (Å²) >= 11 is 0. The lowest BCUT2D eigenvalue weighted by Crippen LogP contribution is -2.35. The number of hydrogen-bond acceptors (Lipinski definition) is 3. The summed E-state index contributed by atoms with van der Waals surface area (Å²) < 4.78 is 6.38. The predicted octanol–water partition coefficient (Wildman–Crippen LogP) is 2.37. The Morgan fingerprint density at radius 2 is 1.84 bits per heavy atom. The molecule has 1 aromatic heterocycles. The van der Waals surface area contributed by atoms with Crippen LogP contribution in [0.4, 0.5) is 0 Å². The van der Waals surface area contributed by atoms with Gasteiger partial charge in [-0.15, -0.1) is 0 Å². The summed E-state index contributed by atoms with van der Waals surface area (Å²) in [7, 11) is 0. The number of aromatic nitrogens is 2. The van der Waals surface area contributed by atoms with Gasteiger partial charge in [0.1, 0.15) is 0 Å². The van der Waals surface area contributed by atoms with Gasteiger partial charge in [0.25, 0.3) is 5.69 Å². The van der Waals surface area contributed by atoms with Gasteiger partial charge in [-0.05, 0) is 30.4 Å². The Morgan fingerprint density at radius 1 is 1.11 bits per heavy atom. The van der Waals surface area contributed by atoms with E-state index in [1.807, 2.05) is 36.4 Å². The van der Waals surface area contributed by atoms with E-state index in [1.165, 1.54) is 24.8 Å². The summed E-state index contributed by atoms with van der Waals surface area (Å²) in [4.78, 5) is 0. The van der Waals surface area contributed by atoms with Crippen LogP contribution in [0.2, 0.25) is 0 Å². The van der Waals surface area contributed by atoms with E-state index in [-0.39, 0.29) is 5.95 Å². The third kappa shape index (κ3) is 2.52. The molecule has 0 saturated heterocycles.